The topological polar surface area (TPSA) is 42.4 Å². The van der Waals surface area contributed by atoms with Crippen LogP contribution in [-0.2, 0) is 6.42 Å². The van der Waals surface area contributed by atoms with Gasteiger partial charge in [0.1, 0.15) is 5.75 Å². The van der Waals surface area contributed by atoms with E-state index in [0.29, 0.717) is 0 Å². The fraction of sp³-hybridized carbons (Fsp3) is 0.444. The minimum Gasteiger partial charge on any atom is -0.495 e. The predicted octanol–water partition coefficient (Wildman–Crippen LogP) is 1.07. The molecule has 1 aliphatic rings. The van der Waals surface area contributed by atoms with Crippen molar-refractivity contribution in [3.05, 3.63) is 23.5 Å². The number of hydrogen-bond donors (Lipinski definition) is 1. The van der Waals surface area contributed by atoms with Crippen LogP contribution in [0.1, 0.15) is 23.7 Å². The first-order chi connectivity index (χ1) is 5.83. The molecular weight excluding hydrogens is 154 g/mol. The molecule has 0 saturated carbocycles. The van der Waals surface area contributed by atoms with E-state index in [4.69, 9.17) is 4.74 Å². The van der Waals surface area contributed by atoms with Crippen molar-refractivity contribution in [2.24, 2.45) is 0 Å². The van der Waals surface area contributed by atoms with Crippen LogP contribution in [0.4, 0.5) is 0 Å². The smallest absolute Gasteiger partial charge is 0.140 e. The predicted molar refractivity (Wildman–Crippen MR) is 44.1 cm³/mol. The average molecular weight is 165 g/mol. The van der Waals surface area contributed by atoms with Crippen molar-refractivity contribution in [3.8, 4) is 5.75 Å². The van der Waals surface area contributed by atoms with Crippen LogP contribution in [0.15, 0.2) is 12.4 Å². The number of nitrogens with zero attached hydrogens (tertiary/aromatic N) is 1. The Hall–Kier alpha value is -1.09. The Balaban J connectivity index is 2.50. The Morgan fingerprint density at radius 3 is 3.17 bits per heavy atom. The summed E-state index contributed by atoms with van der Waals surface area (Å²) in [6.45, 7) is 0. The number of methoxy groups -OCH3 is 1. The molecule has 2 rings (SSSR count). The summed E-state index contributed by atoms with van der Waals surface area (Å²) in [5, 5.41) is 9.51. The summed E-state index contributed by atoms with van der Waals surface area (Å²) in [6.07, 6.45) is 4.74. The van der Waals surface area contributed by atoms with Crippen LogP contribution in [-0.4, -0.2) is 17.2 Å². The van der Waals surface area contributed by atoms with Crippen LogP contribution in [0.25, 0.3) is 0 Å². The molecule has 3 nitrogen and oxygen atoms in total. The maximum Gasteiger partial charge on any atom is 0.140 e. The molecule has 0 aliphatic heterocycles. The van der Waals surface area contributed by atoms with Gasteiger partial charge in [-0.1, -0.05) is 0 Å². The molecule has 1 aromatic rings. The zero-order chi connectivity index (χ0) is 8.55. The molecule has 1 unspecified atom stereocenters. The summed E-state index contributed by atoms with van der Waals surface area (Å²) in [5.74, 6) is 0.795. The van der Waals surface area contributed by atoms with Gasteiger partial charge in [0.2, 0.25) is 0 Å². The lowest BCUT2D eigenvalue weighted by Gasteiger charge is -2.06. The van der Waals surface area contributed by atoms with E-state index in [9.17, 15) is 5.11 Å². The standard InChI is InChI=1S/C9H11NO2/c1-12-9-5-10-4-7-6(9)2-3-8(7)11/h4-5,8,11H,2-3H2,1H3. The van der Waals surface area contributed by atoms with E-state index >= 15 is 0 Å². The third-order valence-electron chi connectivity index (χ3n) is 2.30. The van der Waals surface area contributed by atoms with Gasteiger partial charge in [-0.15, -0.1) is 0 Å². The Kier molecular flexibility index (Phi) is 1.73. The summed E-state index contributed by atoms with van der Waals surface area (Å²) >= 11 is 0. The molecule has 0 fully saturated rings. The van der Waals surface area contributed by atoms with E-state index in [2.05, 4.69) is 4.98 Å². The van der Waals surface area contributed by atoms with Gasteiger partial charge in [0.05, 0.1) is 19.4 Å². The van der Waals surface area contributed by atoms with Crippen molar-refractivity contribution in [2.75, 3.05) is 7.11 Å². The van der Waals surface area contributed by atoms with E-state index in [1.807, 2.05) is 0 Å². The zero-order valence-electron chi connectivity index (χ0n) is 6.95. The molecule has 0 aromatic carbocycles. The van der Waals surface area contributed by atoms with Crippen LogP contribution >= 0.6 is 0 Å². The summed E-state index contributed by atoms with van der Waals surface area (Å²) in [4.78, 5) is 3.99. The van der Waals surface area contributed by atoms with E-state index in [1.54, 1.807) is 19.5 Å². The lowest BCUT2D eigenvalue weighted by atomic mass is 10.1. The Bertz CT molecular complexity index is 299. The molecule has 1 aliphatic carbocycles. The van der Waals surface area contributed by atoms with Gasteiger partial charge in [0, 0.05) is 17.3 Å². The normalized spacial score (nSPS) is 20.7. The van der Waals surface area contributed by atoms with Crippen molar-refractivity contribution >= 4 is 0 Å². The van der Waals surface area contributed by atoms with Crippen molar-refractivity contribution < 1.29 is 9.84 Å². The molecule has 1 aromatic heterocycles. The SMILES string of the molecule is COc1cncc2c1CCC2O. The minimum atomic E-state index is -0.345. The third-order valence-corrected chi connectivity index (χ3v) is 2.30. The highest BCUT2D eigenvalue weighted by molar-refractivity contribution is 5.41. The van der Waals surface area contributed by atoms with Gasteiger partial charge in [-0.25, -0.2) is 0 Å². The molecular formula is C9H11NO2. The number of fused-ring (bicyclic) bond motifs is 1. The highest BCUT2D eigenvalue weighted by Gasteiger charge is 2.23. The molecule has 64 valence electrons. The number of ether oxygens (including phenoxy) is 1. The summed E-state index contributed by atoms with van der Waals surface area (Å²) in [7, 11) is 1.63. The maximum atomic E-state index is 9.51. The molecule has 0 radical (unpaired) electrons. The molecule has 1 heterocycles. The van der Waals surface area contributed by atoms with Crippen LogP contribution < -0.4 is 4.74 Å². The quantitative estimate of drug-likeness (QED) is 0.676. The number of hydrogen-bond acceptors (Lipinski definition) is 3. The molecule has 12 heavy (non-hydrogen) atoms. The van der Waals surface area contributed by atoms with Gasteiger partial charge in [-0.3, -0.25) is 4.98 Å². The van der Waals surface area contributed by atoms with Gasteiger partial charge < -0.3 is 9.84 Å². The van der Waals surface area contributed by atoms with Gasteiger partial charge in [-0.2, -0.15) is 0 Å². The second-order valence-electron chi connectivity index (χ2n) is 2.96. The lowest BCUT2D eigenvalue weighted by Crippen LogP contribution is -1.94. The molecule has 0 spiro atoms. The first-order valence-corrected chi connectivity index (χ1v) is 4.01. The van der Waals surface area contributed by atoms with Crippen LogP contribution in [0, 0.1) is 0 Å². The van der Waals surface area contributed by atoms with Crippen LogP contribution in [0.5, 0.6) is 5.75 Å². The highest BCUT2D eigenvalue weighted by atomic mass is 16.5. The maximum absolute atomic E-state index is 9.51. The fourth-order valence-corrected chi connectivity index (χ4v) is 1.65. The molecule has 1 N–H and O–H groups in total. The first-order valence-electron chi connectivity index (χ1n) is 4.01. The number of rotatable bonds is 1. The van der Waals surface area contributed by atoms with Gasteiger partial charge >= 0.3 is 0 Å². The van der Waals surface area contributed by atoms with Gasteiger partial charge in [0.25, 0.3) is 0 Å². The zero-order valence-corrected chi connectivity index (χ0v) is 6.95. The largest absolute Gasteiger partial charge is 0.495 e. The first kappa shape index (κ1) is 7.55. The van der Waals surface area contributed by atoms with E-state index in [-0.39, 0.29) is 6.10 Å². The van der Waals surface area contributed by atoms with Crippen molar-refractivity contribution in [3.63, 3.8) is 0 Å². The Morgan fingerprint density at radius 2 is 2.42 bits per heavy atom. The Morgan fingerprint density at radius 1 is 1.58 bits per heavy atom. The van der Waals surface area contributed by atoms with Crippen molar-refractivity contribution in [1.29, 1.82) is 0 Å². The number of aromatic nitrogens is 1. The number of aliphatic hydroxyl groups is 1. The van der Waals surface area contributed by atoms with E-state index in [0.717, 1.165) is 29.7 Å². The molecule has 0 saturated heterocycles. The molecule has 0 bridgehead atoms. The van der Waals surface area contributed by atoms with Gasteiger partial charge in [-0.05, 0) is 12.8 Å². The third kappa shape index (κ3) is 0.975. The summed E-state index contributed by atoms with van der Waals surface area (Å²) in [6, 6.07) is 0. The average Bonchev–Trinajstić information content (AvgIpc) is 2.48. The van der Waals surface area contributed by atoms with E-state index < -0.39 is 0 Å². The number of pyridine rings is 1. The van der Waals surface area contributed by atoms with Gasteiger partial charge in [0.15, 0.2) is 0 Å². The van der Waals surface area contributed by atoms with E-state index in [1.165, 1.54) is 0 Å². The molecule has 0 amide bonds. The minimum absolute atomic E-state index is 0.345. The summed E-state index contributed by atoms with van der Waals surface area (Å²) < 4.78 is 5.13. The summed E-state index contributed by atoms with van der Waals surface area (Å²) in [5.41, 5.74) is 2.04. The second-order valence-corrected chi connectivity index (χ2v) is 2.96. The van der Waals surface area contributed by atoms with Crippen molar-refractivity contribution in [2.45, 2.75) is 18.9 Å². The number of aliphatic hydroxyl groups excluding tert-OH is 1. The molecule has 3 heteroatoms. The molecule has 1 atom stereocenters. The van der Waals surface area contributed by atoms with Crippen molar-refractivity contribution in [1.82, 2.24) is 4.98 Å². The monoisotopic (exact) mass is 165 g/mol. The second kappa shape index (κ2) is 2.75. The highest BCUT2D eigenvalue weighted by Crippen LogP contribution is 2.35. The lowest BCUT2D eigenvalue weighted by molar-refractivity contribution is 0.179. The van der Waals surface area contributed by atoms with Crippen LogP contribution in [0.2, 0.25) is 0 Å². The Labute approximate surface area is 71.0 Å². The van der Waals surface area contributed by atoms with Crippen LogP contribution in [0.3, 0.4) is 0 Å². The fourth-order valence-electron chi connectivity index (χ4n) is 1.65.